The smallest absolute Gasteiger partial charge is 0.265 e. The molecule has 12 heteroatoms. The van der Waals surface area contributed by atoms with E-state index in [9.17, 15) is 18.0 Å². The Morgan fingerprint density at radius 3 is 2.16 bits per heavy atom. The minimum atomic E-state index is -4.48. The summed E-state index contributed by atoms with van der Waals surface area (Å²) in [5, 5.41) is 3.23. The highest BCUT2D eigenvalue weighted by Crippen LogP contribution is 2.37. The number of ether oxygens (including phenoxy) is 3. The maximum atomic E-state index is 14.8. The average molecular weight is 722 g/mol. The molecular weight excluding hydrogens is 678 g/mol. The molecule has 4 aromatic rings. The van der Waals surface area contributed by atoms with Crippen LogP contribution in [0.25, 0.3) is 0 Å². The van der Waals surface area contributed by atoms with Crippen molar-refractivity contribution in [2.24, 2.45) is 0 Å². The first-order chi connectivity index (χ1) is 24.0. The topological polar surface area (TPSA) is 114 Å². The van der Waals surface area contributed by atoms with E-state index in [0.29, 0.717) is 12.3 Å². The van der Waals surface area contributed by atoms with Gasteiger partial charge in [-0.25, -0.2) is 8.42 Å². The normalized spacial score (nSPS) is 11.7. The minimum absolute atomic E-state index is 0.0469. The van der Waals surface area contributed by atoms with Crippen LogP contribution in [0.2, 0.25) is 5.02 Å². The second-order valence-electron chi connectivity index (χ2n) is 11.7. The summed E-state index contributed by atoms with van der Waals surface area (Å²) in [6.07, 6.45) is 1.85. The molecule has 0 aliphatic carbocycles. The highest BCUT2D eigenvalue weighted by molar-refractivity contribution is 7.92. The number of carbonyl (C=O) groups excluding carboxylic acids is 2. The van der Waals surface area contributed by atoms with E-state index in [2.05, 4.69) is 5.32 Å². The number of methoxy groups -OCH3 is 3. The van der Waals surface area contributed by atoms with Crippen LogP contribution in [-0.2, 0) is 32.6 Å². The Balaban J connectivity index is 1.87. The van der Waals surface area contributed by atoms with Gasteiger partial charge in [-0.15, -0.1) is 0 Å². The maximum Gasteiger partial charge on any atom is 0.265 e. The summed E-state index contributed by atoms with van der Waals surface area (Å²) < 4.78 is 46.4. The minimum Gasteiger partial charge on any atom is -0.495 e. The quantitative estimate of drug-likeness (QED) is 0.125. The van der Waals surface area contributed by atoms with Crippen molar-refractivity contribution in [1.29, 1.82) is 0 Å². The zero-order valence-corrected chi connectivity index (χ0v) is 30.6. The summed E-state index contributed by atoms with van der Waals surface area (Å²) >= 11 is 6.40. The zero-order valence-electron chi connectivity index (χ0n) is 29.0. The van der Waals surface area contributed by atoms with Crippen LogP contribution < -0.4 is 23.8 Å². The van der Waals surface area contributed by atoms with Crippen molar-refractivity contribution < 1.29 is 32.2 Å². The van der Waals surface area contributed by atoms with Crippen molar-refractivity contribution in [3.05, 3.63) is 113 Å². The Morgan fingerprint density at radius 2 is 1.50 bits per heavy atom. The predicted molar refractivity (Wildman–Crippen MR) is 196 cm³/mol. The van der Waals surface area contributed by atoms with E-state index in [1.807, 2.05) is 68.4 Å². The molecule has 0 spiro atoms. The molecule has 10 nitrogen and oxygen atoms in total. The number of halogens is 1. The largest absolute Gasteiger partial charge is 0.495 e. The summed E-state index contributed by atoms with van der Waals surface area (Å²) in [5.74, 6) is -0.251. The molecule has 0 heterocycles. The molecule has 0 radical (unpaired) electrons. The van der Waals surface area contributed by atoms with Crippen molar-refractivity contribution in [1.82, 2.24) is 10.2 Å². The van der Waals surface area contributed by atoms with Gasteiger partial charge in [-0.05, 0) is 54.8 Å². The Hall–Kier alpha value is -4.74. The van der Waals surface area contributed by atoms with E-state index in [-0.39, 0.29) is 46.0 Å². The molecule has 0 fully saturated rings. The first-order valence-corrected chi connectivity index (χ1v) is 18.1. The van der Waals surface area contributed by atoms with Crippen molar-refractivity contribution in [3.8, 4) is 17.2 Å². The number of sulfonamides is 1. The van der Waals surface area contributed by atoms with E-state index >= 15 is 0 Å². The third-order valence-electron chi connectivity index (χ3n) is 8.17. The number of hydrogen-bond donors (Lipinski definition) is 1. The van der Waals surface area contributed by atoms with Gasteiger partial charge in [0.25, 0.3) is 10.0 Å². The molecule has 0 bridgehead atoms. The van der Waals surface area contributed by atoms with Crippen molar-refractivity contribution in [2.75, 3.05) is 38.7 Å². The van der Waals surface area contributed by atoms with Crippen LogP contribution in [0.4, 0.5) is 5.69 Å². The van der Waals surface area contributed by atoms with Crippen LogP contribution in [0, 0.1) is 6.92 Å². The zero-order chi connectivity index (χ0) is 36.3. The van der Waals surface area contributed by atoms with E-state index in [4.69, 9.17) is 25.8 Å². The Morgan fingerprint density at radius 1 is 0.820 bits per heavy atom. The lowest BCUT2D eigenvalue weighted by atomic mass is 10.0. The molecule has 0 saturated carbocycles. The van der Waals surface area contributed by atoms with Gasteiger partial charge in [0.2, 0.25) is 11.8 Å². The summed E-state index contributed by atoms with van der Waals surface area (Å²) in [5.41, 5.74) is 2.65. The number of benzene rings is 4. The van der Waals surface area contributed by atoms with Gasteiger partial charge in [0, 0.05) is 30.6 Å². The van der Waals surface area contributed by atoms with Crippen LogP contribution >= 0.6 is 11.6 Å². The van der Waals surface area contributed by atoms with Crippen molar-refractivity contribution >= 4 is 39.1 Å². The number of hydrogen-bond acceptors (Lipinski definition) is 7. The molecule has 4 aromatic carbocycles. The summed E-state index contributed by atoms with van der Waals surface area (Å²) in [4.78, 5) is 30.1. The first kappa shape index (κ1) is 38.1. The monoisotopic (exact) mass is 721 g/mol. The Kier molecular flexibility index (Phi) is 13.5. The van der Waals surface area contributed by atoms with Gasteiger partial charge in [0.1, 0.15) is 18.3 Å². The second-order valence-corrected chi connectivity index (χ2v) is 14.0. The van der Waals surface area contributed by atoms with Gasteiger partial charge in [0.15, 0.2) is 11.5 Å². The maximum absolute atomic E-state index is 14.8. The van der Waals surface area contributed by atoms with Gasteiger partial charge in [-0.1, -0.05) is 85.1 Å². The fraction of sp³-hybridized carbons (Fsp3) is 0.316. The van der Waals surface area contributed by atoms with E-state index in [1.54, 1.807) is 6.07 Å². The molecule has 0 unspecified atom stereocenters. The molecule has 1 N–H and O–H groups in total. The third kappa shape index (κ3) is 9.48. The van der Waals surface area contributed by atoms with E-state index in [0.717, 1.165) is 33.8 Å². The first-order valence-electron chi connectivity index (χ1n) is 16.3. The van der Waals surface area contributed by atoms with Gasteiger partial charge in [-0.3, -0.25) is 13.9 Å². The Bertz CT molecular complexity index is 1870. The van der Waals surface area contributed by atoms with Gasteiger partial charge < -0.3 is 24.4 Å². The fourth-order valence-electron chi connectivity index (χ4n) is 5.54. The molecule has 50 heavy (non-hydrogen) atoms. The van der Waals surface area contributed by atoms with Crippen molar-refractivity contribution in [3.63, 3.8) is 0 Å². The summed E-state index contributed by atoms with van der Waals surface area (Å²) in [7, 11) is -0.236. The van der Waals surface area contributed by atoms with Gasteiger partial charge in [0.05, 0.1) is 31.9 Å². The predicted octanol–water partition coefficient (Wildman–Crippen LogP) is 6.43. The number of amides is 2. The van der Waals surface area contributed by atoms with Crippen LogP contribution in [0.3, 0.4) is 0 Å². The van der Waals surface area contributed by atoms with E-state index in [1.165, 1.54) is 56.6 Å². The third-order valence-corrected chi connectivity index (χ3v) is 10.2. The number of nitrogens with one attached hydrogen (secondary N) is 1. The summed E-state index contributed by atoms with van der Waals surface area (Å²) in [6.45, 7) is 3.78. The fourth-order valence-corrected chi connectivity index (χ4v) is 7.14. The SMILES string of the molecule is CCCCNC(=O)[C@@H](Cc1ccccc1)N(Cc1cccc(C)c1)C(=O)CN(c1cc(Cl)ccc1OC)S(=O)(=O)c1ccc(OC)c(OC)c1. The number of aryl methyl sites for hydroxylation is 1. The molecule has 266 valence electrons. The molecule has 0 aliphatic rings. The average Bonchev–Trinajstić information content (AvgIpc) is 3.12. The molecule has 0 saturated heterocycles. The van der Waals surface area contributed by atoms with Crippen molar-refractivity contribution in [2.45, 2.75) is 50.6 Å². The Labute approximate surface area is 300 Å². The van der Waals surface area contributed by atoms with Gasteiger partial charge in [-0.2, -0.15) is 0 Å². The molecule has 1 atom stereocenters. The number of nitrogens with zero attached hydrogens (tertiary/aromatic N) is 2. The molecule has 0 aromatic heterocycles. The van der Waals surface area contributed by atoms with Crippen LogP contribution in [0.5, 0.6) is 17.2 Å². The lowest BCUT2D eigenvalue weighted by Crippen LogP contribution is -2.53. The van der Waals surface area contributed by atoms with Gasteiger partial charge >= 0.3 is 0 Å². The molecule has 0 aliphatic heterocycles. The lowest BCUT2D eigenvalue weighted by molar-refractivity contribution is -0.140. The number of anilines is 1. The summed E-state index contributed by atoms with van der Waals surface area (Å²) in [6, 6.07) is 24.8. The second kappa shape index (κ2) is 17.8. The van der Waals surface area contributed by atoms with E-state index < -0.39 is 28.5 Å². The number of rotatable bonds is 17. The number of carbonyl (C=O) groups is 2. The standard InChI is InChI=1S/C38H44ClN3O7S/c1-6-7-20-40-38(44)33(22-28-13-9-8-10-14-28)41(25-29-15-11-12-27(2)21-29)37(43)26-42(32-23-30(39)16-18-34(32)47-3)50(45,46)31-17-19-35(48-4)36(24-31)49-5/h8-19,21,23-24,33H,6-7,20,22,25-26H2,1-5H3,(H,40,44)/t33-/m1/s1. The number of unbranched alkanes of at least 4 members (excludes halogenated alkanes) is 1. The highest BCUT2D eigenvalue weighted by atomic mass is 35.5. The van der Waals surface area contributed by atoms with Crippen LogP contribution in [0.15, 0.2) is 95.9 Å². The highest BCUT2D eigenvalue weighted by Gasteiger charge is 2.36. The van der Waals surface area contributed by atoms with Crippen LogP contribution in [-0.4, -0.2) is 65.6 Å². The van der Waals surface area contributed by atoms with Crippen LogP contribution in [0.1, 0.15) is 36.5 Å². The molecule has 4 rings (SSSR count). The molecular formula is C38H44ClN3O7S. The molecule has 2 amide bonds. The lowest BCUT2D eigenvalue weighted by Gasteiger charge is -2.34.